The number of alkyl carbamates (subject to hydrolysis) is 1. The van der Waals surface area contributed by atoms with Crippen LogP contribution in [0.1, 0.15) is 70.5 Å². The number of phenolic OH excluding ortho intramolecular Hbond substituents is 1. The van der Waals surface area contributed by atoms with Crippen LogP contribution in [0.15, 0.2) is 30.9 Å². The molecule has 2 unspecified atom stereocenters. The summed E-state index contributed by atoms with van der Waals surface area (Å²) in [6.07, 6.45) is 5.85. The third-order valence-electron chi connectivity index (χ3n) is 5.41. The highest BCUT2D eigenvalue weighted by molar-refractivity contribution is 7.98. The van der Waals surface area contributed by atoms with E-state index in [9.17, 15) is 19.5 Å². The molecule has 1 aromatic carbocycles. The maximum atomic E-state index is 13.9. The second-order valence-corrected chi connectivity index (χ2v) is 10.7. The van der Waals surface area contributed by atoms with Crippen molar-refractivity contribution in [1.82, 2.24) is 15.5 Å². The predicted molar refractivity (Wildman–Crippen MR) is 146 cm³/mol. The SMILES string of the molecule is C=CCN(C(=O)C(CCSC)NC(=O)OC(C)(C)C)C(C(=O)NCCCCC)c1cccc(C)c1O. The number of nitrogens with one attached hydrogen (secondary N) is 2. The summed E-state index contributed by atoms with van der Waals surface area (Å²) in [5.41, 5.74) is 0.180. The van der Waals surface area contributed by atoms with Crippen molar-refractivity contribution >= 4 is 29.7 Å². The van der Waals surface area contributed by atoms with E-state index in [0.29, 0.717) is 29.8 Å². The molecule has 3 N–H and O–H groups in total. The number of ether oxygens (including phenoxy) is 1. The highest BCUT2D eigenvalue weighted by Crippen LogP contribution is 2.32. The number of thioether (sulfide) groups is 1. The Labute approximate surface area is 220 Å². The van der Waals surface area contributed by atoms with Crippen LogP contribution in [-0.4, -0.2) is 64.7 Å². The second-order valence-electron chi connectivity index (χ2n) is 9.67. The number of carbonyl (C=O) groups is 3. The van der Waals surface area contributed by atoms with Gasteiger partial charge in [-0.05, 0) is 58.1 Å². The van der Waals surface area contributed by atoms with Gasteiger partial charge >= 0.3 is 6.09 Å². The van der Waals surface area contributed by atoms with Crippen LogP contribution in [0.4, 0.5) is 4.79 Å². The first kappa shape index (κ1) is 31.4. The molecule has 2 atom stereocenters. The molecule has 9 heteroatoms. The van der Waals surface area contributed by atoms with Gasteiger partial charge in [0.2, 0.25) is 11.8 Å². The molecular weight excluding hydrogens is 478 g/mol. The number of unbranched alkanes of at least 4 members (excludes halogenated alkanes) is 2. The normalized spacial score (nSPS) is 12.8. The zero-order valence-electron chi connectivity index (χ0n) is 22.6. The molecule has 0 radical (unpaired) electrons. The molecule has 0 heterocycles. The molecule has 3 amide bonds. The summed E-state index contributed by atoms with van der Waals surface area (Å²) >= 11 is 1.54. The van der Waals surface area contributed by atoms with Crippen molar-refractivity contribution < 1.29 is 24.2 Å². The van der Waals surface area contributed by atoms with Crippen molar-refractivity contribution in [3.8, 4) is 5.75 Å². The Morgan fingerprint density at radius 1 is 1.25 bits per heavy atom. The number of hydrogen-bond acceptors (Lipinski definition) is 6. The lowest BCUT2D eigenvalue weighted by Gasteiger charge is -2.34. The lowest BCUT2D eigenvalue weighted by molar-refractivity contribution is -0.142. The van der Waals surface area contributed by atoms with Crippen LogP contribution in [0.25, 0.3) is 0 Å². The smallest absolute Gasteiger partial charge is 0.408 e. The minimum absolute atomic E-state index is 0.0467. The van der Waals surface area contributed by atoms with Gasteiger partial charge in [0.15, 0.2) is 0 Å². The minimum atomic E-state index is -1.10. The van der Waals surface area contributed by atoms with Crippen molar-refractivity contribution in [2.24, 2.45) is 0 Å². The van der Waals surface area contributed by atoms with E-state index in [0.717, 1.165) is 19.3 Å². The topological polar surface area (TPSA) is 108 Å². The third kappa shape index (κ3) is 10.1. The number of hydrogen-bond donors (Lipinski definition) is 3. The first-order valence-corrected chi connectivity index (χ1v) is 13.8. The predicted octanol–water partition coefficient (Wildman–Crippen LogP) is 4.71. The second kappa shape index (κ2) is 15.4. The first-order valence-electron chi connectivity index (χ1n) is 12.4. The van der Waals surface area contributed by atoms with Crippen LogP contribution in [0, 0.1) is 6.92 Å². The van der Waals surface area contributed by atoms with Gasteiger partial charge in [0.05, 0.1) is 0 Å². The standard InChI is InChI=1S/C27H43N3O5S/c1-8-10-11-16-28-24(32)22(20-14-12-13-19(3)23(20)31)30(17-9-2)25(33)21(15-18-36-7)29-26(34)35-27(4,5)6/h9,12-14,21-22,31H,2,8,10-11,15-18H2,1,3-7H3,(H,28,32)(H,29,34). The summed E-state index contributed by atoms with van der Waals surface area (Å²) < 4.78 is 5.37. The summed E-state index contributed by atoms with van der Waals surface area (Å²) in [7, 11) is 0. The average Bonchev–Trinajstić information content (AvgIpc) is 2.80. The molecular formula is C27H43N3O5S. The Hall–Kier alpha value is -2.68. The maximum Gasteiger partial charge on any atom is 0.408 e. The fraction of sp³-hybridized carbons (Fsp3) is 0.593. The fourth-order valence-corrected chi connectivity index (χ4v) is 4.11. The molecule has 0 aliphatic carbocycles. The molecule has 0 aromatic heterocycles. The number of para-hydroxylation sites is 1. The lowest BCUT2D eigenvalue weighted by Crippen LogP contribution is -2.53. The third-order valence-corrected chi connectivity index (χ3v) is 6.06. The van der Waals surface area contributed by atoms with Crippen LogP contribution in [0.5, 0.6) is 5.75 Å². The van der Waals surface area contributed by atoms with E-state index in [-0.39, 0.29) is 12.3 Å². The summed E-state index contributed by atoms with van der Waals surface area (Å²) in [6.45, 7) is 13.3. The Bertz CT molecular complexity index is 885. The Morgan fingerprint density at radius 2 is 1.94 bits per heavy atom. The summed E-state index contributed by atoms with van der Waals surface area (Å²) in [6, 6.07) is 3.09. The van der Waals surface area contributed by atoms with Crippen LogP contribution in [-0.2, 0) is 14.3 Å². The molecule has 0 bridgehead atoms. The van der Waals surface area contributed by atoms with Gasteiger partial charge < -0.3 is 25.4 Å². The number of rotatable bonds is 14. The van der Waals surface area contributed by atoms with Gasteiger partial charge in [0, 0.05) is 18.7 Å². The van der Waals surface area contributed by atoms with Crippen molar-refractivity contribution in [2.75, 3.05) is 25.1 Å². The minimum Gasteiger partial charge on any atom is -0.507 e. The lowest BCUT2D eigenvalue weighted by atomic mass is 9.99. The number of aromatic hydroxyl groups is 1. The fourth-order valence-electron chi connectivity index (χ4n) is 3.64. The molecule has 1 aromatic rings. The van der Waals surface area contributed by atoms with Gasteiger partial charge in [-0.15, -0.1) is 6.58 Å². The van der Waals surface area contributed by atoms with E-state index in [1.807, 2.05) is 6.26 Å². The first-order chi connectivity index (χ1) is 17.0. The summed E-state index contributed by atoms with van der Waals surface area (Å²) in [5, 5.41) is 16.4. The van der Waals surface area contributed by atoms with E-state index in [1.54, 1.807) is 57.7 Å². The zero-order chi connectivity index (χ0) is 27.3. The Balaban J connectivity index is 3.42. The van der Waals surface area contributed by atoms with E-state index in [4.69, 9.17) is 4.74 Å². The van der Waals surface area contributed by atoms with E-state index >= 15 is 0 Å². The molecule has 0 fully saturated rings. The maximum absolute atomic E-state index is 13.9. The van der Waals surface area contributed by atoms with Crippen molar-refractivity contribution in [3.05, 3.63) is 42.0 Å². The van der Waals surface area contributed by atoms with E-state index in [2.05, 4.69) is 24.1 Å². The van der Waals surface area contributed by atoms with Gasteiger partial charge in [-0.3, -0.25) is 9.59 Å². The monoisotopic (exact) mass is 521 g/mol. The van der Waals surface area contributed by atoms with Gasteiger partial charge in [-0.25, -0.2) is 4.79 Å². The highest BCUT2D eigenvalue weighted by atomic mass is 32.2. The zero-order valence-corrected chi connectivity index (χ0v) is 23.4. The molecule has 8 nitrogen and oxygen atoms in total. The number of amides is 3. The average molecular weight is 522 g/mol. The number of benzene rings is 1. The summed E-state index contributed by atoms with van der Waals surface area (Å²) in [5.74, 6) is -0.293. The Kier molecular flexibility index (Phi) is 13.4. The molecule has 0 aliphatic heterocycles. The Morgan fingerprint density at radius 3 is 2.53 bits per heavy atom. The highest BCUT2D eigenvalue weighted by Gasteiger charge is 2.37. The molecule has 0 saturated carbocycles. The van der Waals surface area contributed by atoms with Gasteiger partial charge in [0.1, 0.15) is 23.4 Å². The van der Waals surface area contributed by atoms with Crippen LogP contribution in [0.2, 0.25) is 0 Å². The van der Waals surface area contributed by atoms with Crippen LogP contribution in [0.3, 0.4) is 0 Å². The number of carbonyl (C=O) groups excluding carboxylic acids is 3. The van der Waals surface area contributed by atoms with Crippen molar-refractivity contribution in [3.63, 3.8) is 0 Å². The van der Waals surface area contributed by atoms with Crippen molar-refractivity contribution in [2.45, 2.75) is 78.0 Å². The van der Waals surface area contributed by atoms with E-state index in [1.165, 1.54) is 11.0 Å². The summed E-state index contributed by atoms with van der Waals surface area (Å²) in [4.78, 5) is 41.2. The van der Waals surface area contributed by atoms with Gasteiger partial charge in [0.25, 0.3) is 0 Å². The van der Waals surface area contributed by atoms with E-state index < -0.39 is 35.6 Å². The molecule has 202 valence electrons. The number of nitrogens with zero attached hydrogens (tertiary/aromatic N) is 1. The van der Waals surface area contributed by atoms with Gasteiger partial charge in [-0.1, -0.05) is 44.0 Å². The van der Waals surface area contributed by atoms with Crippen molar-refractivity contribution in [1.29, 1.82) is 0 Å². The number of aryl methyl sites for hydroxylation is 1. The number of phenols is 1. The van der Waals surface area contributed by atoms with Crippen LogP contribution >= 0.6 is 11.8 Å². The van der Waals surface area contributed by atoms with Crippen LogP contribution < -0.4 is 10.6 Å². The molecule has 0 saturated heterocycles. The quantitative estimate of drug-likeness (QED) is 0.242. The molecule has 0 aliphatic rings. The van der Waals surface area contributed by atoms with Gasteiger partial charge in [-0.2, -0.15) is 11.8 Å². The molecule has 0 spiro atoms. The molecule has 36 heavy (non-hydrogen) atoms. The molecule has 1 rings (SSSR count). The largest absolute Gasteiger partial charge is 0.507 e.